The molecule has 194 valence electrons. The zero-order valence-corrected chi connectivity index (χ0v) is 21.7. The Bertz CT molecular complexity index is 1340. The topological polar surface area (TPSA) is 105 Å². The molecule has 3 aromatic rings. The SMILES string of the molecule is CC(C)NS(=O)(=O)c1ccc(CCC(=O)N2CC(C(=O)NCc3ccccc3)Oc3ccccc32)cc1. The number of nitrogens with zero attached hydrogens (tertiary/aromatic N) is 1. The van der Waals surface area contributed by atoms with Crippen LogP contribution in [-0.4, -0.2) is 38.9 Å². The summed E-state index contributed by atoms with van der Waals surface area (Å²) in [6, 6.07) is 23.1. The number of rotatable bonds is 9. The number of hydrogen-bond donors (Lipinski definition) is 2. The van der Waals surface area contributed by atoms with Crippen molar-refractivity contribution in [3.8, 4) is 5.75 Å². The number of ether oxygens (including phenoxy) is 1. The average molecular weight is 522 g/mol. The lowest BCUT2D eigenvalue weighted by atomic mass is 10.1. The Morgan fingerprint density at radius 2 is 1.62 bits per heavy atom. The van der Waals surface area contributed by atoms with Crippen LogP contribution in [0.5, 0.6) is 5.75 Å². The number of amides is 2. The maximum Gasteiger partial charge on any atom is 0.263 e. The van der Waals surface area contributed by atoms with Crippen molar-refractivity contribution in [1.82, 2.24) is 10.0 Å². The van der Waals surface area contributed by atoms with Gasteiger partial charge in [0.25, 0.3) is 5.91 Å². The lowest BCUT2D eigenvalue weighted by Crippen LogP contribution is -2.50. The minimum Gasteiger partial charge on any atom is -0.477 e. The summed E-state index contributed by atoms with van der Waals surface area (Å²) in [6.07, 6.45) is -0.204. The van der Waals surface area contributed by atoms with Gasteiger partial charge in [-0.05, 0) is 55.7 Å². The van der Waals surface area contributed by atoms with Crippen LogP contribution in [0.2, 0.25) is 0 Å². The predicted octanol–water partition coefficient (Wildman–Crippen LogP) is 3.42. The van der Waals surface area contributed by atoms with Gasteiger partial charge >= 0.3 is 0 Å². The summed E-state index contributed by atoms with van der Waals surface area (Å²) in [6.45, 7) is 4.00. The molecule has 0 saturated carbocycles. The number of carbonyl (C=O) groups is 2. The molecule has 1 aliphatic heterocycles. The van der Waals surface area contributed by atoms with E-state index in [0.717, 1.165) is 11.1 Å². The smallest absolute Gasteiger partial charge is 0.263 e. The molecule has 37 heavy (non-hydrogen) atoms. The molecule has 0 spiro atoms. The zero-order chi connectivity index (χ0) is 26.4. The fourth-order valence-electron chi connectivity index (χ4n) is 4.11. The molecular formula is C28H31N3O5S. The number of aryl methyl sites for hydroxylation is 1. The highest BCUT2D eigenvalue weighted by Crippen LogP contribution is 2.33. The first-order chi connectivity index (χ1) is 17.7. The fraction of sp³-hybridized carbons (Fsp3) is 0.286. The molecule has 0 aromatic heterocycles. The van der Waals surface area contributed by atoms with E-state index in [1.807, 2.05) is 36.4 Å². The van der Waals surface area contributed by atoms with Crippen LogP contribution < -0.4 is 19.7 Å². The van der Waals surface area contributed by atoms with E-state index in [9.17, 15) is 18.0 Å². The second-order valence-corrected chi connectivity index (χ2v) is 10.9. The van der Waals surface area contributed by atoms with Gasteiger partial charge in [-0.1, -0.05) is 54.6 Å². The Balaban J connectivity index is 1.41. The van der Waals surface area contributed by atoms with Gasteiger partial charge in [-0.25, -0.2) is 13.1 Å². The van der Waals surface area contributed by atoms with E-state index in [1.54, 1.807) is 61.2 Å². The van der Waals surface area contributed by atoms with E-state index in [-0.39, 0.29) is 35.7 Å². The molecule has 1 aliphatic rings. The molecule has 0 bridgehead atoms. The lowest BCUT2D eigenvalue weighted by Gasteiger charge is -2.34. The highest BCUT2D eigenvalue weighted by atomic mass is 32.2. The van der Waals surface area contributed by atoms with Crippen LogP contribution >= 0.6 is 0 Å². The molecule has 1 heterocycles. The van der Waals surface area contributed by atoms with Gasteiger partial charge in [-0.3, -0.25) is 9.59 Å². The van der Waals surface area contributed by atoms with E-state index < -0.39 is 16.1 Å². The molecule has 4 rings (SSSR count). The molecular weight excluding hydrogens is 490 g/mol. The van der Waals surface area contributed by atoms with Crippen molar-refractivity contribution in [3.05, 3.63) is 90.0 Å². The van der Waals surface area contributed by atoms with E-state index in [0.29, 0.717) is 24.4 Å². The first-order valence-corrected chi connectivity index (χ1v) is 13.7. The Hall–Kier alpha value is -3.69. The normalized spacial score (nSPS) is 15.1. The first kappa shape index (κ1) is 26.4. The standard InChI is InChI=1S/C28H31N3O5S/c1-20(2)30-37(34,35)23-15-12-21(13-16-23)14-17-27(32)31-19-26(36-25-11-7-6-10-24(25)31)28(33)29-18-22-8-4-3-5-9-22/h3-13,15-16,20,26,30H,14,17-19H2,1-2H3,(H,29,33). The molecule has 2 N–H and O–H groups in total. The molecule has 0 radical (unpaired) electrons. The minimum absolute atomic E-state index is 0.106. The lowest BCUT2D eigenvalue weighted by molar-refractivity contribution is -0.128. The summed E-state index contributed by atoms with van der Waals surface area (Å²) >= 11 is 0. The maximum atomic E-state index is 13.3. The largest absolute Gasteiger partial charge is 0.477 e. The van der Waals surface area contributed by atoms with E-state index >= 15 is 0 Å². The highest BCUT2D eigenvalue weighted by Gasteiger charge is 2.33. The van der Waals surface area contributed by atoms with Crippen LogP contribution in [0.15, 0.2) is 83.8 Å². The molecule has 1 unspecified atom stereocenters. The van der Waals surface area contributed by atoms with Crippen LogP contribution in [0.1, 0.15) is 31.4 Å². The zero-order valence-electron chi connectivity index (χ0n) is 20.9. The second-order valence-electron chi connectivity index (χ2n) is 9.20. The van der Waals surface area contributed by atoms with E-state index in [1.165, 1.54) is 0 Å². The summed E-state index contributed by atoms with van der Waals surface area (Å²) in [5, 5.41) is 2.89. The van der Waals surface area contributed by atoms with E-state index in [2.05, 4.69) is 10.0 Å². The van der Waals surface area contributed by atoms with Gasteiger partial charge in [0.05, 0.1) is 17.1 Å². The van der Waals surface area contributed by atoms with Crippen molar-refractivity contribution in [2.24, 2.45) is 0 Å². The van der Waals surface area contributed by atoms with Crippen molar-refractivity contribution in [3.63, 3.8) is 0 Å². The van der Waals surface area contributed by atoms with Crippen LogP contribution in [0, 0.1) is 0 Å². The quantitative estimate of drug-likeness (QED) is 0.449. The first-order valence-electron chi connectivity index (χ1n) is 12.2. The van der Waals surface area contributed by atoms with Crippen LogP contribution in [0.25, 0.3) is 0 Å². The molecule has 0 saturated heterocycles. The predicted molar refractivity (Wildman–Crippen MR) is 142 cm³/mol. The van der Waals surface area contributed by atoms with Gasteiger partial charge in [0.15, 0.2) is 6.10 Å². The molecule has 9 heteroatoms. The van der Waals surface area contributed by atoms with Crippen LogP contribution in [-0.2, 0) is 32.6 Å². The van der Waals surface area contributed by atoms with Crippen molar-refractivity contribution >= 4 is 27.5 Å². The van der Waals surface area contributed by atoms with Gasteiger partial charge in [-0.15, -0.1) is 0 Å². The molecule has 3 aromatic carbocycles. The Morgan fingerprint density at radius 1 is 0.946 bits per heavy atom. The number of nitrogens with one attached hydrogen (secondary N) is 2. The average Bonchev–Trinajstić information content (AvgIpc) is 2.89. The Kier molecular flexibility index (Phi) is 8.25. The third-order valence-electron chi connectivity index (χ3n) is 5.93. The molecule has 0 aliphatic carbocycles. The molecule has 0 fully saturated rings. The number of sulfonamides is 1. The molecule has 1 atom stereocenters. The fourth-order valence-corrected chi connectivity index (χ4v) is 5.36. The number of carbonyl (C=O) groups excluding carboxylic acids is 2. The van der Waals surface area contributed by atoms with E-state index in [4.69, 9.17) is 4.74 Å². The van der Waals surface area contributed by atoms with Gasteiger partial charge in [0.2, 0.25) is 15.9 Å². The maximum absolute atomic E-state index is 13.3. The highest BCUT2D eigenvalue weighted by molar-refractivity contribution is 7.89. The van der Waals surface area contributed by atoms with Crippen molar-refractivity contribution in [1.29, 1.82) is 0 Å². The number of para-hydroxylation sites is 2. The van der Waals surface area contributed by atoms with Gasteiger partial charge < -0.3 is 15.0 Å². The second kappa shape index (κ2) is 11.6. The number of anilines is 1. The monoisotopic (exact) mass is 521 g/mol. The minimum atomic E-state index is -3.57. The summed E-state index contributed by atoms with van der Waals surface area (Å²) in [5.41, 5.74) is 2.44. The Labute approximate surface area is 217 Å². The number of hydrogen-bond acceptors (Lipinski definition) is 5. The van der Waals surface area contributed by atoms with Gasteiger partial charge in [0, 0.05) is 19.0 Å². The molecule has 2 amide bonds. The summed E-state index contributed by atoms with van der Waals surface area (Å²) < 4.78 is 33.2. The third-order valence-corrected chi connectivity index (χ3v) is 7.60. The van der Waals surface area contributed by atoms with Gasteiger partial charge in [-0.2, -0.15) is 0 Å². The van der Waals surface area contributed by atoms with Crippen molar-refractivity contribution < 1.29 is 22.7 Å². The van der Waals surface area contributed by atoms with Crippen molar-refractivity contribution in [2.75, 3.05) is 11.4 Å². The van der Waals surface area contributed by atoms with Crippen LogP contribution in [0.3, 0.4) is 0 Å². The summed E-state index contributed by atoms with van der Waals surface area (Å²) in [7, 11) is -3.57. The number of fused-ring (bicyclic) bond motifs is 1. The van der Waals surface area contributed by atoms with Gasteiger partial charge in [0.1, 0.15) is 5.75 Å². The Morgan fingerprint density at radius 3 is 2.32 bits per heavy atom. The molecule has 8 nitrogen and oxygen atoms in total. The number of benzene rings is 3. The summed E-state index contributed by atoms with van der Waals surface area (Å²) in [4.78, 5) is 27.9. The van der Waals surface area contributed by atoms with Crippen LogP contribution in [0.4, 0.5) is 5.69 Å². The third kappa shape index (κ3) is 6.75. The van der Waals surface area contributed by atoms with Crippen molar-refractivity contribution in [2.45, 2.75) is 50.3 Å². The summed E-state index contributed by atoms with van der Waals surface area (Å²) in [5.74, 6) is 0.0481.